The summed E-state index contributed by atoms with van der Waals surface area (Å²) in [7, 11) is 0. The molecule has 1 aliphatic heterocycles. The zero-order chi connectivity index (χ0) is 11.6. The minimum atomic E-state index is -0.128. The number of hydrogen-bond donors (Lipinski definition) is 1. The average molecular weight is 246 g/mol. The van der Waals surface area contributed by atoms with Gasteiger partial charge in [0, 0.05) is 10.6 Å². The lowest BCUT2D eigenvalue weighted by Gasteiger charge is -2.10. The Bertz CT molecular complexity index is 626. The molecule has 0 atom stereocenters. The van der Waals surface area contributed by atoms with Crippen LogP contribution in [0.1, 0.15) is 24.1 Å². The van der Waals surface area contributed by atoms with Crippen LogP contribution >= 0.6 is 11.6 Å². The molecule has 0 spiro atoms. The molecular weight excluding hydrogens is 234 g/mol. The van der Waals surface area contributed by atoms with E-state index in [4.69, 9.17) is 17.3 Å². The Labute approximate surface area is 104 Å². The molecule has 0 unspecified atom stereocenters. The zero-order valence-electron chi connectivity index (χ0n) is 9.28. The van der Waals surface area contributed by atoms with E-state index in [9.17, 15) is 0 Å². The molecule has 2 aromatic rings. The molecule has 17 heavy (non-hydrogen) atoms. The highest BCUT2D eigenvalue weighted by Crippen LogP contribution is 2.45. The Kier molecular flexibility index (Phi) is 1.66. The molecule has 1 aliphatic carbocycles. The highest BCUT2D eigenvalue weighted by atomic mass is 35.5. The molecule has 0 radical (unpaired) electrons. The van der Waals surface area contributed by atoms with Crippen molar-refractivity contribution in [2.45, 2.75) is 24.9 Å². The predicted molar refractivity (Wildman–Crippen MR) is 66.9 cm³/mol. The minimum absolute atomic E-state index is 0.128. The summed E-state index contributed by atoms with van der Waals surface area (Å²) in [4.78, 5) is 4.51. The average Bonchev–Trinajstić information content (AvgIpc) is 2.77. The van der Waals surface area contributed by atoms with Crippen molar-refractivity contribution in [2.24, 2.45) is 5.73 Å². The van der Waals surface area contributed by atoms with E-state index in [1.54, 1.807) is 0 Å². The van der Waals surface area contributed by atoms with Gasteiger partial charge in [-0.25, -0.2) is 4.98 Å². The van der Waals surface area contributed by atoms with Crippen LogP contribution in [0.5, 0.6) is 0 Å². The van der Waals surface area contributed by atoms with E-state index in [0.29, 0.717) is 0 Å². The third-order valence-electron chi connectivity index (χ3n) is 3.80. The maximum absolute atomic E-state index is 6.26. The smallest absolute Gasteiger partial charge is 0.140 e. The largest absolute Gasteiger partial charge is 0.322 e. The maximum atomic E-state index is 6.26. The summed E-state index contributed by atoms with van der Waals surface area (Å²) < 4.78 is 2.23. The molecule has 1 saturated carbocycles. The van der Waals surface area contributed by atoms with Gasteiger partial charge in [0.15, 0.2) is 0 Å². The van der Waals surface area contributed by atoms with Gasteiger partial charge in [0.25, 0.3) is 0 Å². The SMILES string of the molecule is NC1(c2cnc3n2Cc2ccc(Cl)cc2-3)CC1. The first-order valence-electron chi connectivity index (χ1n) is 5.81. The molecular formula is C13H12ClN3. The standard InChI is InChI=1S/C13H12ClN3/c14-9-2-1-8-7-17-11(13(15)3-4-13)6-16-12(17)10(8)5-9/h1-2,5-6H,3-4,7,15H2. The van der Waals surface area contributed by atoms with E-state index in [2.05, 4.69) is 15.6 Å². The number of imidazole rings is 1. The lowest BCUT2D eigenvalue weighted by atomic mass is 10.1. The molecule has 3 nitrogen and oxygen atoms in total. The Balaban J connectivity index is 1.91. The molecule has 4 rings (SSSR count). The van der Waals surface area contributed by atoms with Gasteiger partial charge in [-0.1, -0.05) is 17.7 Å². The van der Waals surface area contributed by atoms with Crippen LogP contribution in [0, 0.1) is 0 Å². The molecule has 1 fully saturated rings. The summed E-state index contributed by atoms with van der Waals surface area (Å²) >= 11 is 6.04. The van der Waals surface area contributed by atoms with Crippen LogP contribution < -0.4 is 5.73 Å². The predicted octanol–water partition coefficient (Wildman–Crippen LogP) is 2.51. The first-order valence-corrected chi connectivity index (χ1v) is 6.19. The first kappa shape index (κ1) is 9.68. The van der Waals surface area contributed by atoms with E-state index >= 15 is 0 Å². The van der Waals surface area contributed by atoms with Crippen LogP contribution in [-0.4, -0.2) is 9.55 Å². The van der Waals surface area contributed by atoms with E-state index < -0.39 is 0 Å². The molecule has 0 bridgehead atoms. The molecule has 0 amide bonds. The monoisotopic (exact) mass is 245 g/mol. The van der Waals surface area contributed by atoms with Crippen molar-refractivity contribution < 1.29 is 0 Å². The molecule has 4 heteroatoms. The van der Waals surface area contributed by atoms with Crippen LogP contribution in [0.2, 0.25) is 5.02 Å². The van der Waals surface area contributed by atoms with Crippen molar-refractivity contribution in [1.29, 1.82) is 0 Å². The number of nitrogens with zero attached hydrogens (tertiary/aromatic N) is 2. The van der Waals surface area contributed by atoms with Gasteiger partial charge in [-0.15, -0.1) is 0 Å². The second-order valence-electron chi connectivity index (χ2n) is 5.01. The zero-order valence-corrected chi connectivity index (χ0v) is 10.0. The number of nitrogens with two attached hydrogens (primary N) is 1. The van der Waals surface area contributed by atoms with Crippen LogP contribution in [0.3, 0.4) is 0 Å². The summed E-state index contributed by atoms with van der Waals surface area (Å²) in [5.74, 6) is 1.01. The van der Waals surface area contributed by atoms with Crippen LogP contribution in [-0.2, 0) is 12.1 Å². The molecule has 0 saturated heterocycles. The van der Waals surface area contributed by atoms with Gasteiger partial charge in [0.1, 0.15) is 5.82 Å². The van der Waals surface area contributed by atoms with E-state index in [1.165, 1.54) is 11.3 Å². The van der Waals surface area contributed by atoms with Crippen molar-refractivity contribution in [2.75, 3.05) is 0 Å². The fourth-order valence-electron chi connectivity index (χ4n) is 2.60. The van der Waals surface area contributed by atoms with Crippen LogP contribution in [0.25, 0.3) is 11.4 Å². The Hall–Kier alpha value is -1.32. The van der Waals surface area contributed by atoms with Gasteiger partial charge in [0.05, 0.1) is 24.0 Å². The molecule has 1 aromatic carbocycles. The molecule has 1 aromatic heterocycles. The summed E-state index contributed by atoms with van der Waals surface area (Å²) in [6, 6.07) is 6.00. The number of aromatic nitrogens is 2. The van der Waals surface area contributed by atoms with Crippen molar-refractivity contribution in [3.05, 3.63) is 40.7 Å². The summed E-state index contributed by atoms with van der Waals surface area (Å²) in [5.41, 5.74) is 9.73. The number of fused-ring (bicyclic) bond motifs is 3. The van der Waals surface area contributed by atoms with Crippen molar-refractivity contribution >= 4 is 11.6 Å². The van der Waals surface area contributed by atoms with Crippen molar-refractivity contribution in [3.8, 4) is 11.4 Å². The van der Waals surface area contributed by atoms with Gasteiger partial charge in [-0.2, -0.15) is 0 Å². The van der Waals surface area contributed by atoms with E-state index in [0.717, 1.165) is 35.8 Å². The minimum Gasteiger partial charge on any atom is -0.322 e. The number of hydrogen-bond acceptors (Lipinski definition) is 2. The second-order valence-corrected chi connectivity index (χ2v) is 5.45. The maximum Gasteiger partial charge on any atom is 0.140 e. The second kappa shape index (κ2) is 2.92. The fourth-order valence-corrected chi connectivity index (χ4v) is 2.78. The number of benzene rings is 1. The highest BCUT2D eigenvalue weighted by Gasteiger charge is 2.44. The number of halogens is 1. The summed E-state index contributed by atoms with van der Waals surface area (Å²) in [6.07, 6.45) is 4.05. The normalized spacial score (nSPS) is 18.9. The van der Waals surface area contributed by atoms with Crippen LogP contribution in [0.4, 0.5) is 0 Å². The third kappa shape index (κ3) is 1.24. The Morgan fingerprint density at radius 3 is 2.94 bits per heavy atom. The Morgan fingerprint density at radius 2 is 2.18 bits per heavy atom. The van der Waals surface area contributed by atoms with Gasteiger partial charge >= 0.3 is 0 Å². The molecule has 86 valence electrons. The van der Waals surface area contributed by atoms with Crippen molar-refractivity contribution in [1.82, 2.24) is 9.55 Å². The topological polar surface area (TPSA) is 43.8 Å². The third-order valence-corrected chi connectivity index (χ3v) is 4.03. The number of rotatable bonds is 1. The van der Waals surface area contributed by atoms with Gasteiger partial charge < -0.3 is 10.3 Å². The fraction of sp³-hybridized carbons (Fsp3) is 0.308. The molecule has 2 N–H and O–H groups in total. The lowest BCUT2D eigenvalue weighted by molar-refractivity contribution is 0.644. The summed E-state index contributed by atoms with van der Waals surface area (Å²) in [5, 5.41) is 0.760. The highest BCUT2D eigenvalue weighted by molar-refractivity contribution is 6.30. The first-order chi connectivity index (χ1) is 8.17. The van der Waals surface area contributed by atoms with Gasteiger partial charge in [-0.05, 0) is 30.5 Å². The van der Waals surface area contributed by atoms with E-state index in [-0.39, 0.29) is 5.54 Å². The van der Waals surface area contributed by atoms with Crippen molar-refractivity contribution in [3.63, 3.8) is 0 Å². The van der Waals surface area contributed by atoms with E-state index in [1.807, 2.05) is 18.3 Å². The quantitative estimate of drug-likeness (QED) is 0.716. The molecule has 2 aliphatic rings. The molecule has 2 heterocycles. The summed E-state index contributed by atoms with van der Waals surface area (Å²) in [6.45, 7) is 0.871. The Morgan fingerprint density at radius 1 is 1.35 bits per heavy atom. The van der Waals surface area contributed by atoms with Gasteiger partial charge in [0.2, 0.25) is 0 Å². The van der Waals surface area contributed by atoms with Gasteiger partial charge in [-0.3, -0.25) is 0 Å². The van der Waals surface area contributed by atoms with Crippen LogP contribution in [0.15, 0.2) is 24.4 Å². The lowest BCUT2D eigenvalue weighted by Crippen LogP contribution is -2.22.